The third kappa shape index (κ3) is 3.20. The van der Waals surface area contributed by atoms with Crippen LogP contribution < -0.4 is 0 Å². The summed E-state index contributed by atoms with van der Waals surface area (Å²) in [5.41, 5.74) is 0.744. The van der Waals surface area contributed by atoms with Gasteiger partial charge in [-0.05, 0) is 49.4 Å². The summed E-state index contributed by atoms with van der Waals surface area (Å²) in [6.45, 7) is 1.51. The van der Waals surface area contributed by atoms with Crippen molar-refractivity contribution in [3.63, 3.8) is 0 Å². The molecule has 8 heteroatoms. The van der Waals surface area contributed by atoms with Gasteiger partial charge in [-0.25, -0.2) is 0 Å². The molecule has 3 rings (SSSR count). The lowest BCUT2D eigenvalue weighted by Crippen LogP contribution is -1.90. The smallest absolute Gasteiger partial charge is 0.338 e. The summed E-state index contributed by atoms with van der Waals surface area (Å²) in [5.74, 6) is 1.10. The van der Waals surface area contributed by atoms with Gasteiger partial charge in [-0.3, -0.25) is 10.1 Å². The molecule has 24 heavy (non-hydrogen) atoms. The molecule has 0 unspecified atom stereocenters. The van der Waals surface area contributed by atoms with Gasteiger partial charge in [0.15, 0.2) is 5.69 Å². The summed E-state index contributed by atoms with van der Waals surface area (Å²) in [7, 11) is 0. The lowest BCUT2D eigenvalue weighted by Gasteiger charge is -2.00. The number of aromatic nitrogens is 1. The van der Waals surface area contributed by atoms with Gasteiger partial charge in [-0.1, -0.05) is 28.4 Å². The van der Waals surface area contributed by atoms with Gasteiger partial charge in [0.25, 0.3) is 0 Å². The van der Waals surface area contributed by atoms with E-state index in [9.17, 15) is 10.1 Å². The Morgan fingerprint density at radius 2 is 2.00 bits per heavy atom. The molecule has 0 amide bonds. The lowest BCUT2D eigenvalue weighted by atomic mass is 10.2. The van der Waals surface area contributed by atoms with Gasteiger partial charge < -0.3 is 8.94 Å². The molecule has 0 saturated carbocycles. The molecule has 0 aliphatic rings. The van der Waals surface area contributed by atoms with Gasteiger partial charge >= 0.3 is 5.69 Å². The average molecular weight is 365 g/mol. The Hall–Kier alpha value is -2.57. The fourth-order valence-corrected chi connectivity index (χ4v) is 2.65. The van der Waals surface area contributed by atoms with Gasteiger partial charge in [0.05, 0.1) is 9.95 Å². The average Bonchev–Trinajstić information content (AvgIpc) is 3.11. The standard InChI is InChI=1S/C16H10Cl2N2O4/c1-9-16(20(21)22)15(24-19-9)7-4-11-3-6-14(23-11)12-5-2-10(17)8-13(12)18/h2-8H,1H3. The van der Waals surface area contributed by atoms with E-state index in [0.717, 1.165) is 0 Å². The Labute approximate surface area is 146 Å². The quantitative estimate of drug-likeness (QED) is 0.442. The molecule has 0 aliphatic carbocycles. The normalized spacial score (nSPS) is 11.3. The van der Waals surface area contributed by atoms with Crippen molar-refractivity contribution in [3.05, 3.63) is 67.7 Å². The molecule has 0 radical (unpaired) electrons. The minimum atomic E-state index is -0.535. The van der Waals surface area contributed by atoms with E-state index in [-0.39, 0.29) is 17.1 Å². The van der Waals surface area contributed by atoms with Crippen molar-refractivity contribution in [1.29, 1.82) is 0 Å². The Balaban J connectivity index is 1.88. The molecule has 122 valence electrons. The number of nitro groups is 1. The van der Waals surface area contributed by atoms with Crippen LogP contribution in [-0.4, -0.2) is 10.1 Å². The van der Waals surface area contributed by atoms with E-state index in [1.807, 2.05) is 0 Å². The highest BCUT2D eigenvalue weighted by molar-refractivity contribution is 6.36. The molecule has 0 aliphatic heterocycles. The van der Waals surface area contributed by atoms with Gasteiger partial charge in [0.1, 0.15) is 11.5 Å². The topological polar surface area (TPSA) is 82.3 Å². The van der Waals surface area contributed by atoms with Crippen molar-refractivity contribution < 1.29 is 13.9 Å². The Morgan fingerprint density at radius 1 is 1.21 bits per heavy atom. The Kier molecular flexibility index (Phi) is 4.42. The number of benzene rings is 1. The molecule has 0 spiro atoms. The van der Waals surface area contributed by atoms with Crippen molar-refractivity contribution in [3.8, 4) is 11.3 Å². The van der Waals surface area contributed by atoms with E-state index >= 15 is 0 Å². The zero-order valence-corrected chi connectivity index (χ0v) is 13.8. The van der Waals surface area contributed by atoms with Gasteiger partial charge in [0.2, 0.25) is 5.76 Å². The molecule has 6 nitrogen and oxygen atoms in total. The highest BCUT2D eigenvalue weighted by atomic mass is 35.5. The molecular weight excluding hydrogens is 355 g/mol. The molecule has 3 aromatic rings. The maximum Gasteiger partial charge on any atom is 0.338 e. The summed E-state index contributed by atoms with van der Waals surface area (Å²) < 4.78 is 10.6. The molecule has 0 bridgehead atoms. The van der Waals surface area contributed by atoms with E-state index < -0.39 is 4.92 Å². The molecule has 1 aromatic carbocycles. The number of halogens is 2. The van der Waals surface area contributed by atoms with Crippen molar-refractivity contribution in [2.45, 2.75) is 6.92 Å². The summed E-state index contributed by atoms with van der Waals surface area (Å²) >= 11 is 12.0. The van der Waals surface area contributed by atoms with E-state index in [0.29, 0.717) is 27.1 Å². The summed E-state index contributed by atoms with van der Waals surface area (Å²) in [5, 5.41) is 15.6. The van der Waals surface area contributed by atoms with Crippen molar-refractivity contribution in [2.24, 2.45) is 0 Å². The van der Waals surface area contributed by atoms with Crippen LogP contribution in [0.2, 0.25) is 10.0 Å². The van der Waals surface area contributed by atoms with Crippen LogP contribution in [0.1, 0.15) is 17.2 Å². The van der Waals surface area contributed by atoms with Crippen LogP contribution in [0.15, 0.2) is 39.3 Å². The fourth-order valence-electron chi connectivity index (χ4n) is 2.15. The highest BCUT2D eigenvalue weighted by Gasteiger charge is 2.22. The number of rotatable bonds is 4. The second kappa shape index (κ2) is 6.51. The predicted molar refractivity (Wildman–Crippen MR) is 91.0 cm³/mol. The van der Waals surface area contributed by atoms with Gasteiger partial charge in [-0.15, -0.1) is 0 Å². The molecule has 0 N–H and O–H groups in total. The third-order valence-electron chi connectivity index (χ3n) is 3.26. The van der Waals surface area contributed by atoms with Crippen LogP contribution in [0.3, 0.4) is 0 Å². The number of hydrogen-bond donors (Lipinski definition) is 0. The predicted octanol–water partition coefficient (Wildman–Crippen LogP) is 5.63. The first-order valence-electron chi connectivity index (χ1n) is 6.79. The SMILES string of the molecule is Cc1noc(C=Cc2ccc(-c3ccc(Cl)cc3Cl)o2)c1[N+](=O)[O-]. The Bertz CT molecular complexity index is 943. The van der Waals surface area contributed by atoms with Crippen LogP contribution in [0.25, 0.3) is 23.5 Å². The monoisotopic (exact) mass is 364 g/mol. The van der Waals surface area contributed by atoms with Crippen LogP contribution in [0, 0.1) is 17.0 Å². The van der Waals surface area contributed by atoms with Crippen LogP contribution in [0.4, 0.5) is 5.69 Å². The minimum absolute atomic E-state index is 0.0555. The van der Waals surface area contributed by atoms with E-state index in [1.54, 1.807) is 36.4 Å². The second-order valence-electron chi connectivity index (χ2n) is 4.90. The van der Waals surface area contributed by atoms with Crippen molar-refractivity contribution in [2.75, 3.05) is 0 Å². The van der Waals surface area contributed by atoms with Gasteiger partial charge in [0, 0.05) is 10.6 Å². The molecule has 2 aromatic heterocycles. The number of nitrogens with zero attached hydrogens (tertiary/aromatic N) is 2. The second-order valence-corrected chi connectivity index (χ2v) is 5.74. The molecular formula is C16H10Cl2N2O4. The molecule has 0 fully saturated rings. The maximum absolute atomic E-state index is 11.0. The molecule has 2 heterocycles. The van der Waals surface area contributed by atoms with E-state index in [4.69, 9.17) is 32.1 Å². The zero-order valence-electron chi connectivity index (χ0n) is 12.3. The number of aryl methyl sites for hydroxylation is 1. The fraction of sp³-hybridized carbons (Fsp3) is 0.0625. The maximum atomic E-state index is 11.0. The minimum Gasteiger partial charge on any atom is -0.457 e. The lowest BCUT2D eigenvalue weighted by molar-refractivity contribution is -0.386. The largest absolute Gasteiger partial charge is 0.457 e. The number of furan rings is 1. The Morgan fingerprint density at radius 3 is 2.71 bits per heavy atom. The first kappa shape index (κ1) is 16.3. The first-order chi connectivity index (χ1) is 11.5. The summed E-state index contributed by atoms with van der Waals surface area (Å²) in [6, 6.07) is 8.54. The molecule has 0 saturated heterocycles. The summed E-state index contributed by atoms with van der Waals surface area (Å²) in [4.78, 5) is 10.5. The van der Waals surface area contributed by atoms with Gasteiger partial charge in [-0.2, -0.15) is 0 Å². The van der Waals surface area contributed by atoms with Crippen molar-refractivity contribution >= 4 is 41.0 Å². The van der Waals surface area contributed by atoms with Crippen LogP contribution in [0.5, 0.6) is 0 Å². The molecule has 0 atom stereocenters. The third-order valence-corrected chi connectivity index (χ3v) is 3.81. The highest BCUT2D eigenvalue weighted by Crippen LogP contribution is 2.32. The van der Waals surface area contributed by atoms with Crippen LogP contribution in [-0.2, 0) is 0 Å². The van der Waals surface area contributed by atoms with Crippen molar-refractivity contribution in [1.82, 2.24) is 5.16 Å². The number of hydrogen-bond acceptors (Lipinski definition) is 5. The van der Waals surface area contributed by atoms with E-state index in [2.05, 4.69) is 5.16 Å². The van der Waals surface area contributed by atoms with Crippen LogP contribution >= 0.6 is 23.2 Å². The first-order valence-corrected chi connectivity index (χ1v) is 7.55. The summed E-state index contributed by atoms with van der Waals surface area (Å²) in [6.07, 6.45) is 2.99. The zero-order chi connectivity index (χ0) is 17.3. The van der Waals surface area contributed by atoms with E-state index in [1.165, 1.54) is 13.0 Å².